The third-order valence-corrected chi connectivity index (χ3v) is 2.25. The number of esters is 1. The fourth-order valence-electron chi connectivity index (χ4n) is 1.33. The monoisotopic (exact) mass is 226 g/mol. The van der Waals surface area contributed by atoms with E-state index < -0.39 is 5.97 Å². The molecule has 1 aromatic rings. The van der Waals surface area contributed by atoms with Gasteiger partial charge in [0.15, 0.2) is 0 Å². The van der Waals surface area contributed by atoms with E-state index >= 15 is 0 Å². The molecule has 0 spiro atoms. The van der Waals surface area contributed by atoms with E-state index in [0.29, 0.717) is 5.75 Å². The van der Waals surface area contributed by atoms with Gasteiger partial charge in [-0.15, -0.1) is 11.6 Å². The quantitative estimate of drug-likeness (QED) is 0.440. The largest absolute Gasteiger partial charge is 0.425 e. The first-order chi connectivity index (χ1) is 6.95. The topological polar surface area (TPSA) is 26.3 Å². The summed E-state index contributed by atoms with van der Waals surface area (Å²) in [6.07, 6.45) is 0. The van der Waals surface area contributed by atoms with Gasteiger partial charge in [-0.1, -0.05) is 39.0 Å². The molecule has 0 aliphatic heterocycles. The molecule has 0 bridgehead atoms. The van der Waals surface area contributed by atoms with Crippen molar-refractivity contribution in [1.29, 1.82) is 0 Å². The molecule has 0 fully saturated rings. The zero-order valence-corrected chi connectivity index (χ0v) is 9.97. The highest BCUT2D eigenvalue weighted by atomic mass is 35.5. The lowest BCUT2D eigenvalue weighted by atomic mass is 9.86. The first-order valence-electron chi connectivity index (χ1n) is 4.81. The van der Waals surface area contributed by atoms with Gasteiger partial charge in [0.05, 0.1) is 0 Å². The molecule has 0 atom stereocenters. The van der Waals surface area contributed by atoms with Gasteiger partial charge in [-0.2, -0.15) is 0 Å². The predicted molar refractivity (Wildman–Crippen MR) is 61.5 cm³/mol. The summed E-state index contributed by atoms with van der Waals surface area (Å²) in [5, 5.41) is 0. The molecule has 0 heterocycles. The van der Waals surface area contributed by atoms with Gasteiger partial charge in [0, 0.05) is 5.56 Å². The Labute approximate surface area is 95.2 Å². The highest BCUT2D eigenvalue weighted by Gasteiger charge is 2.19. The summed E-state index contributed by atoms with van der Waals surface area (Å²) < 4.78 is 5.15. The van der Waals surface area contributed by atoms with Crippen LogP contribution in [0.2, 0.25) is 0 Å². The van der Waals surface area contributed by atoms with Gasteiger partial charge in [0.1, 0.15) is 11.6 Å². The smallest absolute Gasteiger partial charge is 0.326 e. The van der Waals surface area contributed by atoms with Crippen LogP contribution < -0.4 is 4.74 Å². The summed E-state index contributed by atoms with van der Waals surface area (Å²) >= 11 is 5.39. The molecule has 0 saturated carbocycles. The van der Waals surface area contributed by atoms with E-state index in [1.165, 1.54) is 0 Å². The number of ether oxygens (including phenoxy) is 1. The molecule has 2 nitrogen and oxygen atoms in total. The molecular formula is C12H15ClO2. The number of hydrogen-bond acceptors (Lipinski definition) is 2. The average molecular weight is 227 g/mol. The standard InChI is InChI=1S/C12H15ClO2/c1-12(2,3)9-6-4-5-7-10(9)15-11(14)8-13/h4-7H,8H2,1-3H3. The van der Waals surface area contributed by atoms with Crippen LogP contribution in [0.4, 0.5) is 0 Å². The number of rotatable bonds is 2. The van der Waals surface area contributed by atoms with E-state index in [2.05, 4.69) is 20.8 Å². The maximum Gasteiger partial charge on any atom is 0.326 e. The van der Waals surface area contributed by atoms with Crippen molar-refractivity contribution in [3.8, 4) is 5.75 Å². The Hall–Kier alpha value is -1.02. The van der Waals surface area contributed by atoms with E-state index in [1.807, 2.05) is 18.2 Å². The van der Waals surface area contributed by atoms with Crippen LogP contribution in [0, 0.1) is 0 Å². The molecule has 0 amide bonds. The molecule has 0 unspecified atom stereocenters. The number of carbonyl (C=O) groups is 1. The normalized spacial score (nSPS) is 11.2. The summed E-state index contributed by atoms with van der Waals surface area (Å²) in [5.41, 5.74) is 0.951. The molecule has 0 radical (unpaired) electrons. The lowest BCUT2D eigenvalue weighted by molar-refractivity contribution is -0.131. The number of halogens is 1. The minimum atomic E-state index is -0.423. The van der Waals surface area contributed by atoms with Gasteiger partial charge in [-0.25, -0.2) is 0 Å². The van der Waals surface area contributed by atoms with Crippen molar-refractivity contribution in [3.63, 3.8) is 0 Å². The van der Waals surface area contributed by atoms with Gasteiger partial charge >= 0.3 is 5.97 Å². The van der Waals surface area contributed by atoms with Crippen LogP contribution in [0.3, 0.4) is 0 Å². The van der Waals surface area contributed by atoms with E-state index in [9.17, 15) is 4.79 Å². The summed E-state index contributed by atoms with van der Waals surface area (Å²) in [6.45, 7) is 6.21. The molecule has 1 rings (SSSR count). The third-order valence-electron chi connectivity index (χ3n) is 2.03. The Bertz CT molecular complexity index is 353. The van der Waals surface area contributed by atoms with Crippen LogP contribution in [0.1, 0.15) is 26.3 Å². The molecule has 3 heteroatoms. The molecule has 1 aromatic carbocycles. The van der Waals surface area contributed by atoms with E-state index in [1.54, 1.807) is 6.07 Å². The fourth-order valence-corrected chi connectivity index (χ4v) is 1.38. The van der Waals surface area contributed by atoms with Gasteiger partial charge in [0.2, 0.25) is 0 Å². The van der Waals surface area contributed by atoms with E-state index in [4.69, 9.17) is 16.3 Å². The Morgan fingerprint density at radius 1 is 1.33 bits per heavy atom. The van der Waals surface area contributed by atoms with Gasteiger partial charge < -0.3 is 4.74 Å². The number of hydrogen-bond donors (Lipinski definition) is 0. The van der Waals surface area contributed by atoms with Crippen molar-refractivity contribution < 1.29 is 9.53 Å². The van der Waals surface area contributed by atoms with Crippen LogP contribution >= 0.6 is 11.6 Å². The zero-order chi connectivity index (χ0) is 11.5. The van der Waals surface area contributed by atoms with Crippen molar-refractivity contribution in [1.82, 2.24) is 0 Å². The minimum Gasteiger partial charge on any atom is -0.425 e. The number of alkyl halides is 1. The van der Waals surface area contributed by atoms with Crippen LogP contribution in [-0.4, -0.2) is 11.8 Å². The highest BCUT2D eigenvalue weighted by molar-refractivity contribution is 6.26. The Morgan fingerprint density at radius 2 is 1.93 bits per heavy atom. The summed E-state index contributed by atoms with van der Waals surface area (Å²) in [7, 11) is 0. The van der Waals surface area contributed by atoms with Crippen LogP contribution in [0.15, 0.2) is 24.3 Å². The van der Waals surface area contributed by atoms with Crippen LogP contribution in [0.5, 0.6) is 5.75 Å². The maximum atomic E-state index is 11.1. The second kappa shape index (κ2) is 4.67. The van der Waals surface area contributed by atoms with Crippen molar-refractivity contribution in [2.24, 2.45) is 0 Å². The molecule has 0 N–H and O–H groups in total. The van der Waals surface area contributed by atoms with Crippen LogP contribution in [-0.2, 0) is 10.2 Å². The first kappa shape index (κ1) is 12.1. The Balaban J connectivity index is 3.02. The fraction of sp³-hybridized carbons (Fsp3) is 0.417. The van der Waals surface area contributed by atoms with Crippen molar-refractivity contribution in [3.05, 3.63) is 29.8 Å². The number of para-hydroxylation sites is 1. The summed E-state index contributed by atoms with van der Waals surface area (Å²) in [4.78, 5) is 11.1. The zero-order valence-electron chi connectivity index (χ0n) is 9.21. The Morgan fingerprint density at radius 3 is 2.47 bits per heavy atom. The van der Waals surface area contributed by atoms with Crippen molar-refractivity contribution >= 4 is 17.6 Å². The Kier molecular flexibility index (Phi) is 3.75. The van der Waals surface area contributed by atoms with E-state index in [-0.39, 0.29) is 11.3 Å². The number of carbonyl (C=O) groups excluding carboxylic acids is 1. The molecule has 0 aliphatic rings. The van der Waals surface area contributed by atoms with E-state index in [0.717, 1.165) is 5.56 Å². The number of benzene rings is 1. The third kappa shape index (κ3) is 3.24. The molecule has 82 valence electrons. The van der Waals surface area contributed by atoms with Gasteiger partial charge in [-0.3, -0.25) is 4.79 Å². The summed E-state index contributed by atoms with van der Waals surface area (Å²) in [6, 6.07) is 7.51. The molecule has 0 saturated heterocycles. The lowest BCUT2D eigenvalue weighted by Gasteiger charge is -2.21. The van der Waals surface area contributed by atoms with Gasteiger partial charge in [-0.05, 0) is 11.5 Å². The first-order valence-corrected chi connectivity index (χ1v) is 5.35. The highest BCUT2D eigenvalue weighted by Crippen LogP contribution is 2.30. The SMILES string of the molecule is CC(C)(C)c1ccccc1OC(=O)CCl. The second-order valence-corrected chi connectivity index (χ2v) is 4.62. The molecule has 15 heavy (non-hydrogen) atoms. The minimum absolute atomic E-state index is 0.0524. The van der Waals surface area contributed by atoms with Crippen molar-refractivity contribution in [2.45, 2.75) is 26.2 Å². The molecule has 0 aromatic heterocycles. The maximum absolute atomic E-state index is 11.1. The van der Waals surface area contributed by atoms with Crippen LogP contribution in [0.25, 0.3) is 0 Å². The second-order valence-electron chi connectivity index (χ2n) is 4.35. The predicted octanol–water partition coefficient (Wildman–Crippen LogP) is 3.13. The average Bonchev–Trinajstić information content (AvgIpc) is 2.17. The molecule has 0 aliphatic carbocycles. The lowest BCUT2D eigenvalue weighted by Crippen LogP contribution is -2.16. The van der Waals surface area contributed by atoms with Gasteiger partial charge in [0.25, 0.3) is 0 Å². The van der Waals surface area contributed by atoms with Crippen molar-refractivity contribution in [2.75, 3.05) is 5.88 Å². The summed E-state index contributed by atoms with van der Waals surface area (Å²) in [5.74, 6) is 0.0439. The molecular weight excluding hydrogens is 212 g/mol.